The molecule has 1 aliphatic carbocycles. The summed E-state index contributed by atoms with van der Waals surface area (Å²) in [4.78, 5) is 21.2. The molecule has 11 heteroatoms. The molecule has 1 atom stereocenters. The normalized spacial score (nSPS) is 17.3. The van der Waals surface area contributed by atoms with Gasteiger partial charge in [-0.15, -0.1) is 0 Å². The number of nitrogens with zero attached hydrogens (tertiary/aromatic N) is 3. The number of amides is 1. The first kappa shape index (κ1) is 24.9. The topological polar surface area (TPSA) is 109 Å². The van der Waals surface area contributed by atoms with E-state index in [9.17, 15) is 18.7 Å². The lowest BCUT2D eigenvalue weighted by molar-refractivity contribution is 0.0862. The lowest BCUT2D eigenvalue weighted by Crippen LogP contribution is -2.28. The maximum Gasteiger partial charge on any atom is 0.280 e. The molecule has 4 rings (SSSR count). The third-order valence-corrected chi connectivity index (χ3v) is 6.47. The molecule has 0 bridgehead atoms. The predicted molar refractivity (Wildman–Crippen MR) is 129 cm³/mol. The van der Waals surface area contributed by atoms with Crippen molar-refractivity contribution in [2.24, 2.45) is 11.0 Å². The van der Waals surface area contributed by atoms with Crippen molar-refractivity contribution in [2.45, 2.75) is 50.5 Å². The Morgan fingerprint density at radius 2 is 2.09 bits per heavy atom. The van der Waals surface area contributed by atoms with Gasteiger partial charge in [0.25, 0.3) is 12.3 Å². The van der Waals surface area contributed by atoms with Gasteiger partial charge >= 0.3 is 0 Å². The van der Waals surface area contributed by atoms with Gasteiger partial charge in [0, 0.05) is 23.7 Å². The van der Waals surface area contributed by atoms with E-state index in [1.165, 1.54) is 43.4 Å². The Morgan fingerprint density at radius 1 is 1.31 bits per heavy atom. The van der Waals surface area contributed by atoms with E-state index in [2.05, 4.69) is 37.7 Å². The van der Waals surface area contributed by atoms with Crippen LogP contribution in [0.3, 0.4) is 0 Å². The standard InChI is InChI=1S/C24H25F2N5O3S/c1-24(2,33)8-4-5-14-9-15(16-10-18(20(25)26)28-12-19(16)34-3)17(11-27-14)21(32)29-23-31-30-22(35-23)13-6-7-13/h9-13,20,22,30,33H,6-8H2,1-3H3,(H,29,31,32). The van der Waals surface area contributed by atoms with Crippen molar-refractivity contribution >= 4 is 22.8 Å². The fourth-order valence-electron chi connectivity index (χ4n) is 3.35. The summed E-state index contributed by atoms with van der Waals surface area (Å²) in [6.45, 7) is 3.27. The highest BCUT2D eigenvalue weighted by atomic mass is 32.2. The first-order valence-corrected chi connectivity index (χ1v) is 11.9. The van der Waals surface area contributed by atoms with Crippen LogP contribution in [0, 0.1) is 17.8 Å². The third-order valence-electron chi connectivity index (χ3n) is 5.31. The average molecular weight is 502 g/mol. The number of methoxy groups -OCH3 is 1. The van der Waals surface area contributed by atoms with Crippen molar-refractivity contribution in [2.75, 3.05) is 7.11 Å². The fourth-order valence-corrected chi connectivity index (χ4v) is 4.42. The highest BCUT2D eigenvalue weighted by Gasteiger charge is 2.36. The van der Waals surface area contributed by atoms with E-state index in [0.29, 0.717) is 22.3 Å². The quantitative estimate of drug-likeness (QED) is 0.518. The van der Waals surface area contributed by atoms with Crippen LogP contribution in [0.15, 0.2) is 29.6 Å². The van der Waals surface area contributed by atoms with Crippen molar-refractivity contribution in [3.05, 3.63) is 41.5 Å². The minimum atomic E-state index is -2.81. The lowest BCUT2D eigenvalue weighted by atomic mass is 9.99. The summed E-state index contributed by atoms with van der Waals surface area (Å²) in [5, 5.41) is 17.4. The number of amidine groups is 1. The van der Waals surface area contributed by atoms with E-state index >= 15 is 0 Å². The number of carbonyl (C=O) groups excluding carboxylic acids is 1. The zero-order valence-electron chi connectivity index (χ0n) is 19.4. The van der Waals surface area contributed by atoms with Crippen LogP contribution in [-0.2, 0) is 0 Å². The van der Waals surface area contributed by atoms with Crippen LogP contribution in [0.5, 0.6) is 5.75 Å². The Labute approximate surface area is 206 Å². The molecule has 184 valence electrons. The maximum absolute atomic E-state index is 13.4. The second-order valence-corrected chi connectivity index (χ2v) is 10.0. The molecule has 1 fully saturated rings. The highest BCUT2D eigenvalue weighted by molar-refractivity contribution is 8.14. The molecule has 0 radical (unpaired) electrons. The summed E-state index contributed by atoms with van der Waals surface area (Å²) < 4.78 is 32.2. The first-order chi connectivity index (χ1) is 16.6. The molecule has 2 aromatic heterocycles. The molecule has 1 aliphatic heterocycles. The zero-order valence-corrected chi connectivity index (χ0v) is 20.2. The second kappa shape index (κ2) is 10.2. The number of hydrazone groups is 1. The second-order valence-electron chi connectivity index (χ2n) is 8.89. The van der Waals surface area contributed by atoms with Gasteiger partial charge < -0.3 is 9.84 Å². The number of hydrogen-bond acceptors (Lipinski definition) is 8. The van der Waals surface area contributed by atoms with E-state index in [-0.39, 0.29) is 28.7 Å². The van der Waals surface area contributed by atoms with Crippen molar-refractivity contribution in [3.63, 3.8) is 0 Å². The first-order valence-electron chi connectivity index (χ1n) is 11.0. The molecule has 1 saturated carbocycles. The number of pyridine rings is 2. The number of aromatic nitrogens is 2. The lowest BCUT2D eigenvalue weighted by Gasteiger charge is -2.14. The summed E-state index contributed by atoms with van der Waals surface area (Å²) in [5.41, 5.74) is 2.60. The van der Waals surface area contributed by atoms with Crippen LogP contribution >= 0.6 is 11.8 Å². The summed E-state index contributed by atoms with van der Waals surface area (Å²) in [6, 6.07) is 2.73. The van der Waals surface area contributed by atoms with Crippen LogP contribution in [-0.4, -0.2) is 44.2 Å². The molecule has 0 aromatic carbocycles. The van der Waals surface area contributed by atoms with E-state index in [1.807, 2.05) is 0 Å². The molecule has 2 aliphatic rings. The predicted octanol–water partition coefficient (Wildman–Crippen LogP) is 3.68. The highest BCUT2D eigenvalue weighted by Crippen LogP contribution is 2.40. The fraction of sp³-hybridized carbons (Fsp3) is 0.417. The Morgan fingerprint density at radius 3 is 2.74 bits per heavy atom. The van der Waals surface area contributed by atoms with E-state index in [4.69, 9.17) is 4.74 Å². The van der Waals surface area contributed by atoms with Gasteiger partial charge in [0.05, 0.1) is 29.8 Å². The summed E-state index contributed by atoms with van der Waals surface area (Å²) in [5.74, 6) is 5.96. The Balaban J connectivity index is 1.70. The van der Waals surface area contributed by atoms with Crippen LogP contribution in [0.4, 0.5) is 8.78 Å². The molecular formula is C24H25F2N5O3S. The van der Waals surface area contributed by atoms with Gasteiger partial charge in [0.1, 0.15) is 17.1 Å². The van der Waals surface area contributed by atoms with Gasteiger partial charge in [-0.3, -0.25) is 20.5 Å². The minimum Gasteiger partial charge on any atom is -0.494 e. The largest absolute Gasteiger partial charge is 0.494 e. The zero-order chi connectivity index (χ0) is 25.2. The Kier molecular flexibility index (Phi) is 7.23. The molecule has 3 N–H and O–H groups in total. The summed E-state index contributed by atoms with van der Waals surface area (Å²) in [7, 11) is 1.39. The number of alkyl halides is 2. The minimum absolute atomic E-state index is 0.130. The molecule has 0 spiro atoms. The molecule has 2 aromatic rings. The van der Waals surface area contributed by atoms with E-state index in [1.54, 1.807) is 13.8 Å². The van der Waals surface area contributed by atoms with Crippen molar-refractivity contribution in [1.29, 1.82) is 0 Å². The van der Waals surface area contributed by atoms with Crippen LogP contribution in [0.1, 0.15) is 61.3 Å². The van der Waals surface area contributed by atoms with Crippen molar-refractivity contribution in [3.8, 4) is 28.7 Å². The number of hydrogen-bond donors (Lipinski definition) is 3. The third kappa shape index (κ3) is 6.26. The summed E-state index contributed by atoms with van der Waals surface area (Å²) >= 11 is 1.44. The number of rotatable bonds is 6. The van der Waals surface area contributed by atoms with Gasteiger partial charge in [-0.05, 0) is 50.7 Å². The number of thioether (sulfide) groups is 1. The van der Waals surface area contributed by atoms with Gasteiger partial charge in [0.15, 0.2) is 5.17 Å². The molecule has 35 heavy (non-hydrogen) atoms. The van der Waals surface area contributed by atoms with Gasteiger partial charge in [-0.1, -0.05) is 17.7 Å². The van der Waals surface area contributed by atoms with E-state index in [0.717, 1.165) is 12.8 Å². The van der Waals surface area contributed by atoms with Gasteiger partial charge in [-0.25, -0.2) is 13.8 Å². The Bertz CT molecular complexity index is 1220. The van der Waals surface area contributed by atoms with Crippen molar-refractivity contribution < 1.29 is 23.4 Å². The van der Waals surface area contributed by atoms with Gasteiger partial charge in [-0.2, -0.15) is 5.10 Å². The van der Waals surface area contributed by atoms with Crippen LogP contribution in [0.25, 0.3) is 11.1 Å². The molecule has 0 saturated heterocycles. The number of nitrogens with one attached hydrogen (secondary N) is 2. The Hall–Kier alpha value is -3.23. The smallest absolute Gasteiger partial charge is 0.280 e. The van der Waals surface area contributed by atoms with E-state index < -0.39 is 23.6 Å². The van der Waals surface area contributed by atoms with Crippen molar-refractivity contribution in [1.82, 2.24) is 20.7 Å². The molecular weight excluding hydrogens is 476 g/mol. The van der Waals surface area contributed by atoms with Gasteiger partial charge in [0.2, 0.25) is 0 Å². The molecule has 1 unspecified atom stereocenters. The maximum atomic E-state index is 13.4. The number of ether oxygens (including phenoxy) is 1. The molecule has 1 amide bonds. The number of carbonyl (C=O) groups is 1. The SMILES string of the molecule is COc1cnc(C(F)F)cc1-c1cc(C#CCC(C)(C)O)ncc1C(=O)NC1=NNC(C2CC2)S1. The molecule has 3 heterocycles. The number of aliphatic hydroxyl groups is 1. The average Bonchev–Trinajstić information content (AvgIpc) is 3.56. The molecule has 8 nitrogen and oxygen atoms in total. The summed E-state index contributed by atoms with van der Waals surface area (Å²) in [6.07, 6.45) is 2.18. The van der Waals surface area contributed by atoms with Crippen LogP contribution in [0.2, 0.25) is 0 Å². The number of halogens is 2. The monoisotopic (exact) mass is 501 g/mol. The van der Waals surface area contributed by atoms with Crippen LogP contribution < -0.4 is 15.5 Å².